The number of benzene rings is 3. The van der Waals surface area contributed by atoms with Crippen molar-refractivity contribution in [3.05, 3.63) is 83.1 Å². The Balaban J connectivity index is 1.83. The van der Waals surface area contributed by atoms with Gasteiger partial charge in [-0.2, -0.15) is 10.2 Å². The van der Waals surface area contributed by atoms with Crippen LogP contribution in [0.5, 0.6) is 0 Å². The maximum absolute atomic E-state index is 5.68. The van der Waals surface area contributed by atoms with Crippen molar-refractivity contribution in [2.75, 3.05) is 0 Å². The van der Waals surface area contributed by atoms with Crippen LogP contribution in [-0.2, 0) is 6.54 Å². The molecule has 0 heterocycles. The zero-order valence-corrected chi connectivity index (χ0v) is 22.3. The van der Waals surface area contributed by atoms with E-state index in [1.807, 2.05) is 68.5 Å². The number of hydrogen-bond donors (Lipinski definition) is 5. The van der Waals surface area contributed by atoms with Crippen molar-refractivity contribution in [1.29, 1.82) is 0 Å². The number of thiol groups is 4. The third kappa shape index (κ3) is 6.56. The lowest BCUT2D eigenvalue weighted by Crippen LogP contribution is -1.93. The zero-order valence-electron chi connectivity index (χ0n) is 18.7. The predicted molar refractivity (Wildman–Crippen MR) is 154 cm³/mol. The number of rotatable bonds is 7. The number of hydrogen-bond acceptors (Lipinski definition) is 9. The van der Waals surface area contributed by atoms with Crippen molar-refractivity contribution < 1.29 is 0 Å². The van der Waals surface area contributed by atoms with Crippen LogP contribution in [0.3, 0.4) is 0 Å². The van der Waals surface area contributed by atoms with Gasteiger partial charge in [-0.25, -0.2) is 0 Å². The van der Waals surface area contributed by atoms with Crippen LogP contribution in [0.4, 0.5) is 17.1 Å². The molecule has 3 aromatic rings. The monoisotopic (exact) mass is 523 g/mol. The lowest BCUT2D eigenvalue weighted by molar-refractivity contribution is 0.956. The largest absolute Gasteiger partial charge is 0.404 e. The standard InChI is InChI=1S/C25H25N5S4/c1-3-4-19-15(2)25(23(33)12-20(19)24(34)13-26)30-29-21-10-7-17(11-22(21)32)28-27-14-16-5-8-18(31)9-6-16/h3-13,31-34H,14,26H2,1-2H3/b4-3-,24-13-,28-27?,30-29?. The van der Waals surface area contributed by atoms with Crippen LogP contribution < -0.4 is 5.73 Å². The Kier molecular flexibility index (Phi) is 9.46. The van der Waals surface area contributed by atoms with E-state index in [1.54, 1.807) is 6.07 Å². The smallest absolute Gasteiger partial charge is 0.103 e. The highest BCUT2D eigenvalue weighted by atomic mass is 32.1. The van der Waals surface area contributed by atoms with Gasteiger partial charge in [0.15, 0.2) is 0 Å². The fourth-order valence-corrected chi connectivity index (χ4v) is 4.10. The third-order valence-electron chi connectivity index (χ3n) is 4.93. The van der Waals surface area contributed by atoms with E-state index >= 15 is 0 Å². The minimum atomic E-state index is 0.485. The van der Waals surface area contributed by atoms with E-state index in [4.69, 9.17) is 5.73 Å². The molecule has 0 saturated carbocycles. The summed E-state index contributed by atoms with van der Waals surface area (Å²) in [5.41, 5.74) is 11.5. The van der Waals surface area contributed by atoms with Gasteiger partial charge in [-0.1, -0.05) is 24.3 Å². The second kappa shape index (κ2) is 12.3. The molecule has 0 spiro atoms. The average Bonchev–Trinajstić information content (AvgIpc) is 2.82. The highest BCUT2D eigenvalue weighted by molar-refractivity contribution is 7.90. The molecule has 0 atom stereocenters. The Morgan fingerprint density at radius 1 is 0.941 bits per heavy atom. The molecule has 0 bridgehead atoms. The maximum Gasteiger partial charge on any atom is 0.103 e. The minimum absolute atomic E-state index is 0.485. The molecule has 0 aliphatic rings. The average molecular weight is 524 g/mol. The molecule has 0 aliphatic carbocycles. The molecule has 2 N–H and O–H groups in total. The van der Waals surface area contributed by atoms with Gasteiger partial charge in [0.2, 0.25) is 0 Å². The van der Waals surface area contributed by atoms with E-state index < -0.39 is 0 Å². The van der Waals surface area contributed by atoms with E-state index in [0.29, 0.717) is 38.3 Å². The van der Waals surface area contributed by atoms with Gasteiger partial charge in [-0.05, 0) is 72.5 Å². The first kappa shape index (κ1) is 26.2. The second-order valence-electron chi connectivity index (χ2n) is 7.32. The van der Waals surface area contributed by atoms with Crippen molar-refractivity contribution in [3.8, 4) is 0 Å². The molecule has 9 heteroatoms. The van der Waals surface area contributed by atoms with Gasteiger partial charge < -0.3 is 5.73 Å². The zero-order chi connectivity index (χ0) is 24.7. The van der Waals surface area contributed by atoms with Gasteiger partial charge in [-0.15, -0.1) is 60.7 Å². The summed E-state index contributed by atoms with van der Waals surface area (Å²) >= 11 is 17.9. The molecule has 0 radical (unpaired) electrons. The first-order chi connectivity index (χ1) is 16.3. The Labute approximate surface area is 222 Å². The van der Waals surface area contributed by atoms with Crippen LogP contribution in [0.15, 0.2) is 96.0 Å². The van der Waals surface area contributed by atoms with Crippen LogP contribution in [0.1, 0.15) is 29.2 Å². The Morgan fingerprint density at radius 2 is 1.68 bits per heavy atom. The Hall–Kier alpha value is -2.46. The van der Waals surface area contributed by atoms with Gasteiger partial charge in [0.25, 0.3) is 0 Å². The van der Waals surface area contributed by atoms with Crippen molar-refractivity contribution in [3.63, 3.8) is 0 Å². The van der Waals surface area contributed by atoms with Gasteiger partial charge in [0.1, 0.15) is 5.69 Å². The van der Waals surface area contributed by atoms with E-state index in [0.717, 1.165) is 27.1 Å². The molecule has 0 amide bonds. The highest BCUT2D eigenvalue weighted by Gasteiger charge is 2.14. The van der Waals surface area contributed by atoms with E-state index in [1.165, 1.54) is 6.20 Å². The van der Waals surface area contributed by atoms with E-state index in [2.05, 4.69) is 71.0 Å². The summed E-state index contributed by atoms with van der Waals surface area (Å²) in [6.45, 7) is 4.41. The molecular weight excluding hydrogens is 499 g/mol. The normalized spacial score (nSPS) is 12.5. The van der Waals surface area contributed by atoms with E-state index in [-0.39, 0.29) is 0 Å². The summed E-state index contributed by atoms with van der Waals surface area (Å²) in [6, 6.07) is 15.1. The van der Waals surface area contributed by atoms with Crippen molar-refractivity contribution in [1.82, 2.24) is 0 Å². The summed E-state index contributed by atoms with van der Waals surface area (Å²) in [7, 11) is 0. The van der Waals surface area contributed by atoms with Crippen LogP contribution in [0, 0.1) is 6.92 Å². The van der Waals surface area contributed by atoms with Gasteiger partial charge in [0, 0.05) is 25.8 Å². The van der Waals surface area contributed by atoms with Crippen molar-refractivity contribution >= 4 is 78.6 Å². The van der Waals surface area contributed by atoms with Crippen molar-refractivity contribution in [2.45, 2.75) is 35.1 Å². The van der Waals surface area contributed by atoms with Gasteiger partial charge >= 0.3 is 0 Å². The minimum Gasteiger partial charge on any atom is -0.404 e. The van der Waals surface area contributed by atoms with Crippen molar-refractivity contribution in [2.24, 2.45) is 26.2 Å². The second-order valence-corrected chi connectivity index (χ2v) is 9.28. The summed E-state index contributed by atoms with van der Waals surface area (Å²) in [4.78, 5) is 2.90. The first-order valence-corrected chi connectivity index (χ1v) is 12.1. The third-order valence-corrected chi connectivity index (χ3v) is 6.32. The molecule has 34 heavy (non-hydrogen) atoms. The van der Waals surface area contributed by atoms with E-state index in [9.17, 15) is 0 Å². The fraction of sp³-hybridized carbons (Fsp3) is 0.120. The molecule has 0 unspecified atom stereocenters. The Morgan fingerprint density at radius 3 is 2.32 bits per heavy atom. The quantitative estimate of drug-likeness (QED) is 0.156. The number of nitrogens with zero attached hydrogens (tertiary/aromatic N) is 4. The Bertz CT molecular complexity index is 1300. The van der Waals surface area contributed by atoms with Gasteiger partial charge in [0.05, 0.1) is 17.9 Å². The molecule has 0 aromatic heterocycles. The highest BCUT2D eigenvalue weighted by Crippen LogP contribution is 2.38. The summed E-state index contributed by atoms with van der Waals surface area (Å²) in [5.74, 6) is 0. The number of nitrogens with two attached hydrogens (primary N) is 1. The molecule has 0 aliphatic heterocycles. The maximum atomic E-state index is 5.68. The topological polar surface area (TPSA) is 75.5 Å². The number of allylic oxidation sites excluding steroid dienone is 1. The summed E-state index contributed by atoms with van der Waals surface area (Å²) in [5, 5.41) is 17.4. The molecule has 0 saturated heterocycles. The fourth-order valence-electron chi connectivity index (χ4n) is 3.18. The predicted octanol–water partition coefficient (Wildman–Crippen LogP) is 8.78. The molecule has 3 rings (SSSR count). The molecular formula is C25H25N5S4. The number of azo groups is 2. The van der Waals surface area contributed by atoms with Gasteiger partial charge in [-0.3, -0.25) is 0 Å². The summed E-state index contributed by atoms with van der Waals surface area (Å²) < 4.78 is 0. The molecule has 5 nitrogen and oxygen atoms in total. The lowest BCUT2D eigenvalue weighted by atomic mass is 9.99. The first-order valence-electron chi connectivity index (χ1n) is 10.3. The SMILES string of the molecule is C/C=C\c1c(/C(S)=C/N)cc(S)c(N=Nc2ccc(N=NCc3ccc(S)cc3)cc2S)c1C. The van der Waals surface area contributed by atoms with Crippen LogP contribution in [0.25, 0.3) is 11.0 Å². The van der Waals surface area contributed by atoms with Crippen LogP contribution >= 0.6 is 50.5 Å². The van der Waals surface area contributed by atoms with Crippen LogP contribution in [-0.4, -0.2) is 0 Å². The van der Waals surface area contributed by atoms with Crippen LogP contribution in [0.2, 0.25) is 0 Å². The lowest BCUT2D eigenvalue weighted by Gasteiger charge is -2.13. The molecule has 3 aromatic carbocycles. The molecule has 174 valence electrons. The molecule has 0 fully saturated rings. The summed E-state index contributed by atoms with van der Waals surface area (Å²) in [6.07, 6.45) is 5.41.